The largest absolute Gasteiger partial charge is 0.478 e. The zero-order chi connectivity index (χ0) is 20.2. The molecule has 5 rings (SSSR count). The van der Waals surface area contributed by atoms with Crippen molar-refractivity contribution in [2.75, 3.05) is 13.2 Å². The summed E-state index contributed by atoms with van der Waals surface area (Å²) in [5, 5.41) is 0. The standard InChI is InChI=1S/C26H24N2O2/c1-3-10-21(11-4-1)23-17-29-25(27-23)15-19-8-7-9-20(14-19)16-26-28-24(18-30-26)22-12-5-2-6-13-22/h1-14,23-24H,15-18H2/t23-,24-/m1/s1. The van der Waals surface area contributed by atoms with E-state index < -0.39 is 0 Å². The predicted molar refractivity (Wildman–Crippen MR) is 119 cm³/mol. The third kappa shape index (κ3) is 4.28. The van der Waals surface area contributed by atoms with Gasteiger partial charge >= 0.3 is 0 Å². The Hall–Kier alpha value is -3.40. The van der Waals surface area contributed by atoms with Crippen LogP contribution in [0.5, 0.6) is 0 Å². The van der Waals surface area contributed by atoms with Gasteiger partial charge in [0.1, 0.15) is 25.3 Å². The summed E-state index contributed by atoms with van der Waals surface area (Å²) in [7, 11) is 0. The first-order chi connectivity index (χ1) is 14.8. The number of aliphatic imine (C=N–C) groups is 2. The molecule has 0 fully saturated rings. The summed E-state index contributed by atoms with van der Waals surface area (Å²) >= 11 is 0. The highest BCUT2D eigenvalue weighted by Gasteiger charge is 2.22. The molecule has 0 aromatic heterocycles. The fraction of sp³-hybridized carbons (Fsp3) is 0.231. The first-order valence-corrected chi connectivity index (χ1v) is 10.4. The summed E-state index contributed by atoms with van der Waals surface area (Å²) in [5.74, 6) is 1.61. The molecule has 3 aromatic rings. The molecule has 2 aliphatic heterocycles. The number of ether oxygens (including phenoxy) is 2. The highest BCUT2D eigenvalue weighted by Crippen LogP contribution is 2.25. The van der Waals surface area contributed by atoms with Crippen molar-refractivity contribution in [1.29, 1.82) is 0 Å². The molecule has 2 aliphatic rings. The smallest absolute Gasteiger partial charge is 0.188 e. The molecule has 4 nitrogen and oxygen atoms in total. The average Bonchev–Trinajstić information content (AvgIpc) is 3.45. The quantitative estimate of drug-likeness (QED) is 0.581. The highest BCUT2D eigenvalue weighted by atomic mass is 16.5. The maximum absolute atomic E-state index is 5.86. The van der Waals surface area contributed by atoms with Gasteiger partial charge in [-0.15, -0.1) is 0 Å². The van der Waals surface area contributed by atoms with Crippen molar-refractivity contribution in [2.24, 2.45) is 9.98 Å². The van der Waals surface area contributed by atoms with Crippen molar-refractivity contribution in [3.05, 3.63) is 107 Å². The predicted octanol–water partition coefficient (Wildman–Crippen LogP) is 5.11. The van der Waals surface area contributed by atoms with Gasteiger partial charge < -0.3 is 9.47 Å². The van der Waals surface area contributed by atoms with Crippen LogP contribution in [-0.2, 0) is 22.3 Å². The van der Waals surface area contributed by atoms with E-state index in [1.165, 1.54) is 22.3 Å². The van der Waals surface area contributed by atoms with E-state index in [1.54, 1.807) is 0 Å². The second-order valence-corrected chi connectivity index (χ2v) is 7.69. The molecular formula is C26H24N2O2. The molecule has 30 heavy (non-hydrogen) atoms. The SMILES string of the molecule is c1ccc([C@H]2COC(Cc3cccc(CC4=N[C@@H](c5ccccc5)CO4)c3)=N2)cc1. The summed E-state index contributed by atoms with van der Waals surface area (Å²) in [4.78, 5) is 9.55. The lowest BCUT2D eigenvalue weighted by Gasteiger charge is -2.06. The first-order valence-electron chi connectivity index (χ1n) is 10.4. The fourth-order valence-electron chi connectivity index (χ4n) is 3.93. The second kappa shape index (κ2) is 8.54. The summed E-state index contributed by atoms with van der Waals surface area (Å²) in [6, 6.07) is 29.4. The van der Waals surface area contributed by atoms with Gasteiger partial charge in [-0.2, -0.15) is 0 Å². The molecule has 0 bridgehead atoms. The van der Waals surface area contributed by atoms with E-state index in [-0.39, 0.29) is 12.1 Å². The monoisotopic (exact) mass is 396 g/mol. The molecule has 0 radical (unpaired) electrons. The molecule has 0 amide bonds. The molecule has 0 unspecified atom stereocenters. The number of hydrogen-bond donors (Lipinski definition) is 0. The Morgan fingerprint density at radius 2 is 1.07 bits per heavy atom. The zero-order valence-electron chi connectivity index (χ0n) is 16.8. The van der Waals surface area contributed by atoms with Crippen LogP contribution in [0.15, 0.2) is 94.9 Å². The van der Waals surface area contributed by atoms with E-state index in [0.717, 1.165) is 11.8 Å². The lowest BCUT2D eigenvalue weighted by molar-refractivity contribution is 0.313. The van der Waals surface area contributed by atoms with E-state index in [1.807, 2.05) is 36.4 Å². The maximum atomic E-state index is 5.86. The van der Waals surface area contributed by atoms with Crippen LogP contribution >= 0.6 is 0 Å². The minimum Gasteiger partial charge on any atom is -0.478 e. The van der Waals surface area contributed by atoms with Crippen molar-refractivity contribution in [1.82, 2.24) is 0 Å². The highest BCUT2D eigenvalue weighted by molar-refractivity contribution is 5.82. The van der Waals surface area contributed by atoms with Crippen molar-refractivity contribution in [2.45, 2.75) is 24.9 Å². The lowest BCUT2D eigenvalue weighted by Crippen LogP contribution is -2.06. The Morgan fingerprint density at radius 1 is 0.600 bits per heavy atom. The number of rotatable bonds is 6. The van der Waals surface area contributed by atoms with Crippen molar-refractivity contribution in [3.8, 4) is 0 Å². The van der Waals surface area contributed by atoms with Gasteiger partial charge in [0.05, 0.1) is 0 Å². The van der Waals surface area contributed by atoms with Crippen LogP contribution in [0.25, 0.3) is 0 Å². The second-order valence-electron chi connectivity index (χ2n) is 7.69. The van der Waals surface area contributed by atoms with Crippen molar-refractivity contribution in [3.63, 3.8) is 0 Å². The van der Waals surface area contributed by atoms with Crippen LogP contribution in [0.4, 0.5) is 0 Å². The van der Waals surface area contributed by atoms with Crippen molar-refractivity contribution < 1.29 is 9.47 Å². The molecule has 0 saturated carbocycles. The first kappa shape index (κ1) is 18.6. The van der Waals surface area contributed by atoms with Crippen molar-refractivity contribution >= 4 is 11.8 Å². The van der Waals surface area contributed by atoms with Crippen LogP contribution in [0.3, 0.4) is 0 Å². The van der Waals surface area contributed by atoms with E-state index in [9.17, 15) is 0 Å². The van der Waals surface area contributed by atoms with Gasteiger partial charge in [0.2, 0.25) is 0 Å². The van der Waals surface area contributed by atoms with Gasteiger partial charge in [-0.25, -0.2) is 9.98 Å². The van der Waals surface area contributed by atoms with Gasteiger partial charge in [-0.3, -0.25) is 0 Å². The third-order valence-corrected chi connectivity index (χ3v) is 5.49. The average molecular weight is 396 g/mol. The number of hydrogen-bond acceptors (Lipinski definition) is 4. The topological polar surface area (TPSA) is 43.2 Å². The van der Waals surface area contributed by atoms with Gasteiger partial charge in [0, 0.05) is 12.8 Å². The third-order valence-electron chi connectivity index (χ3n) is 5.49. The van der Waals surface area contributed by atoms with E-state index in [4.69, 9.17) is 19.5 Å². The Balaban J connectivity index is 1.24. The van der Waals surface area contributed by atoms with Crippen LogP contribution in [0, 0.1) is 0 Å². The normalized spacial score (nSPS) is 20.3. The van der Waals surface area contributed by atoms with Crippen LogP contribution < -0.4 is 0 Å². The molecule has 3 aromatic carbocycles. The number of benzene rings is 3. The minimum absolute atomic E-state index is 0.0977. The molecular weight excluding hydrogens is 372 g/mol. The molecule has 2 heterocycles. The van der Waals surface area contributed by atoms with E-state index in [2.05, 4.69) is 48.5 Å². The molecule has 2 atom stereocenters. The molecule has 0 saturated heterocycles. The van der Waals surface area contributed by atoms with Gasteiger partial charge in [-0.1, -0.05) is 84.9 Å². The summed E-state index contributed by atoms with van der Waals surface area (Å²) in [6.45, 7) is 1.23. The summed E-state index contributed by atoms with van der Waals surface area (Å²) < 4.78 is 11.7. The molecule has 0 aliphatic carbocycles. The Labute approximate surface area is 176 Å². The Kier molecular flexibility index (Phi) is 5.30. The van der Waals surface area contributed by atoms with Crippen LogP contribution in [0.2, 0.25) is 0 Å². The summed E-state index contributed by atoms with van der Waals surface area (Å²) in [6.07, 6.45) is 1.41. The zero-order valence-corrected chi connectivity index (χ0v) is 16.8. The van der Waals surface area contributed by atoms with Crippen LogP contribution in [0.1, 0.15) is 34.3 Å². The van der Waals surface area contributed by atoms with Gasteiger partial charge in [-0.05, 0) is 22.3 Å². The Bertz CT molecular complexity index is 978. The molecule has 0 N–H and O–H groups in total. The van der Waals surface area contributed by atoms with E-state index in [0.29, 0.717) is 26.1 Å². The molecule has 0 spiro atoms. The lowest BCUT2D eigenvalue weighted by atomic mass is 10.1. The van der Waals surface area contributed by atoms with Crippen LogP contribution in [-0.4, -0.2) is 25.0 Å². The minimum atomic E-state index is 0.0977. The number of nitrogens with zero attached hydrogens (tertiary/aromatic N) is 2. The van der Waals surface area contributed by atoms with E-state index >= 15 is 0 Å². The fourth-order valence-corrected chi connectivity index (χ4v) is 3.93. The molecule has 4 heteroatoms. The summed E-state index contributed by atoms with van der Waals surface area (Å²) in [5.41, 5.74) is 4.78. The molecule has 150 valence electrons. The maximum Gasteiger partial charge on any atom is 0.188 e. The van der Waals surface area contributed by atoms with Gasteiger partial charge in [0.15, 0.2) is 11.8 Å². The van der Waals surface area contributed by atoms with Gasteiger partial charge in [0.25, 0.3) is 0 Å². The Morgan fingerprint density at radius 3 is 1.53 bits per heavy atom.